The van der Waals surface area contributed by atoms with Crippen LogP contribution < -0.4 is 0 Å². The number of carbonyl (C=O) groups is 1. The quantitative estimate of drug-likeness (QED) is 0.781. The lowest BCUT2D eigenvalue weighted by Crippen LogP contribution is -2.38. The Kier molecular flexibility index (Phi) is 5.65. The molecule has 1 rings (SSSR count). The van der Waals surface area contributed by atoms with Gasteiger partial charge in [0, 0.05) is 0 Å². The summed E-state index contributed by atoms with van der Waals surface area (Å²) in [6.07, 6.45) is 5.77. The van der Waals surface area contributed by atoms with Crippen LogP contribution in [-0.2, 0) is 9.53 Å². The van der Waals surface area contributed by atoms with E-state index in [9.17, 15) is 4.79 Å². The van der Waals surface area contributed by atoms with Crippen LogP contribution in [0.15, 0.2) is 0 Å². The van der Waals surface area contributed by atoms with Crippen molar-refractivity contribution in [2.75, 3.05) is 0 Å². The number of aliphatic carboxylic acids is 1. The average Bonchev–Trinajstić information content (AvgIpc) is 2.25. The zero-order valence-corrected chi connectivity index (χ0v) is 14.0. The molecule has 0 aromatic heterocycles. The molecule has 0 aliphatic heterocycles. The molecule has 1 aliphatic carbocycles. The van der Waals surface area contributed by atoms with Crippen molar-refractivity contribution in [2.45, 2.75) is 85.4 Å². The molecule has 3 nitrogen and oxygen atoms in total. The summed E-state index contributed by atoms with van der Waals surface area (Å²) in [6, 6.07) is 0. The van der Waals surface area contributed by atoms with E-state index >= 15 is 0 Å². The molecule has 0 heterocycles. The molecule has 0 radical (unpaired) electrons. The van der Waals surface area contributed by atoms with Crippen LogP contribution in [0.1, 0.15) is 73.6 Å². The topological polar surface area (TPSA) is 46.5 Å². The highest BCUT2D eigenvalue weighted by molar-refractivity contribution is 5.69. The summed E-state index contributed by atoms with van der Waals surface area (Å²) in [5, 5.41) is 9.04. The van der Waals surface area contributed by atoms with Crippen LogP contribution in [-0.4, -0.2) is 22.8 Å². The van der Waals surface area contributed by atoms with Gasteiger partial charge in [0.15, 0.2) is 0 Å². The largest absolute Gasteiger partial charge is 0.481 e. The molecule has 1 saturated carbocycles. The summed E-state index contributed by atoms with van der Waals surface area (Å²) in [5.41, 5.74) is 0.0395. The number of hydrogen-bond acceptors (Lipinski definition) is 2. The van der Waals surface area contributed by atoms with Crippen LogP contribution >= 0.6 is 0 Å². The number of ether oxygens (including phenoxy) is 1. The molecule has 0 bridgehead atoms. The minimum absolute atomic E-state index is 0.200. The fraction of sp³-hybridized carbons (Fsp3) is 0.941. The summed E-state index contributed by atoms with van der Waals surface area (Å²) in [5.74, 6) is -0.508. The maximum atomic E-state index is 11.0. The predicted octanol–water partition coefficient (Wildman–Crippen LogP) is 4.50. The Hall–Kier alpha value is -0.570. The SMILES string of the molecule is CC(CC(C)(C)OC(C)C1CCCC(C)(C)C1)C(=O)O. The first-order chi connectivity index (χ1) is 9.02. The first-order valence-corrected chi connectivity index (χ1v) is 7.93. The van der Waals surface area contributed by atoms with Gasteiger partial charge in [0.25, 0.3) is 0 Å². The fourth-order valence-corrected chi connectivity index (χ4v) is 3.63. The molecule has 20 heavy (non-hydrogen) atoms. The monoisotopic (exact) mass is 284 g/mol. The van der Waals surface area contributed by atoms with E-state index in [0.717, 1.165) is 0 Å². The number of hydrogen-bond donors (Lipinski definition) is 1. The van der Waals surface area contributed by atoms with Gasteiger partial charge in [-0.1, -0.05) is 27.2 Å². The molecule has 0 aromatic rings. The van der Waals surface area contributed by atoms with E-state index in [2.05, 4.69) is 20.8 Å². The van der Waals surface area contributed by atoms with Crippen molar-refractivity contribution in [1.82, 2.24) is 0 Å². The Balaban J connectivity index is 2.55. The van der Waals surface area contributed by atoms with Gasteiger partial charge in [-0.15, -0.1) is 0 Å². The molecule has 3 atom stereocenters. The van der Waals surface area contributed by atoms with Crippen LogP contribution in [0.5, 0.6) is 0 Å². The summed E-state index contributed by atoms with van der Waals surface area (Å²) < 4.78 is 6.23. The molecule has 1 N–H and O–H groups in total. The smallest absolute Gasteiger partial charge is 0.306 e. The molecule has 0 aromatic carbocycles. The maximum absolute atomic E-state index is 11.0. The Morgan fingerprint density at radius 3 is 2.50 bits per heavy atom. The van der Waals surface area contributed by atoms with Gasteiger partial charge in [-0.05, 0) is 57.8 Å². The zero-order chi connectivity index (χ0) is 15.6. The molecule has 3 unspecified atom stereocenters. The summed E-state index contributed by atoms with van der Waals surface area (Å²) >= 11 is 0. The van der Waals surface area contributed by atoms with Crippen molar-refractivity contribution in [3.63, 3.8) is 0 Å². The van der Waals surface area contributed by atoms with E-state index in [1.54, 1.807) is 6.92 Å². The number of carboxylic acid groups (broad SMARTS) is 1. The minimum Gasteiger partial charge on any atom is -0.481 e. The lowest BCUT2D eigenvalue weighted by Gasteiger charge is -2.41. The van der Waals surface area contributed by atoms with Crippen LogP contribution in [0.4, 0.5) is 0 Å². The Morgan fingerprint density at radius 2 is 2.00 bits per heavy atom. The third kappa shape index (κ3) is 5.43. The Bertz CT molecular complexity index is 333. The van der Waals surface area contributed by atoms with Crippen molar-refractivity contribution in [3.05, 3.63) is 0 Å². The van der Waals surface area contributed by atoms with Gasteiger partial charge in [-0.3, -0.25) is 4.79 Å². The van der Waals surface area contributed by atoms with Gasteiger partial charge >= 0.3 is 5.97 Å². The van der Waals surface area contributed by atoms with E-state index < -0.39 is 5.97 Å². The van der Waals surface area contributed by atoms with Crippen LogP contribution in [0, 0.1) is 17.3 Å². The number of rotatable bonds is 6. The Labute approximate surface area is 124 Å². The molecule has 3 heteroatoms. The Morgan fingerprint density at radius 1 is 1.40 bits per heavy atom. The van der Waals surface area contributed by atoms with Crippen LogP contribution in [0.2, 0.25) is 0 Å². The molecule has 118 valence electrons. The lowest BCUT2D eigenvalue weighted by molar-refractivity contribution is -0.147. The summed E-state index contributed by atoms with van der Waals surface area (Å²) in [6.45, 7) is 12.6. The van der Waals surface area contributed by atoms with Gasteiger partial charge in [-0.25, -0.2) is 0 Å². The van der Waals surface area contributed by atoms with Gasteiger partial charge in [-0.2, -0.15) is 0 Å². The number of carboxylic acids is 1. The molecular weight excluding hydrogens is 252 g/mol. The zero-order valence-electron chi connectivity index (χ0n) is 14.0. The van der Waals surface area contributed by atoms with Crippen LogP contribution in [0.3, 0.4) is 0 Å². The van der Waals surface area contributed by atoms with Gasteiger partial charge in [0.1, 0.15) is 0 Å². The third-order valence-electron chi connectivity index (χ3n) is 4.63. The fourth-order valence-electron chi connectivity index (χ4n) is 3.63. The normalized spacial score (nSPS) is 26.0. The first kappa shape index (κ1) is 17.5. The molecule has 0 saturated heterocycles. The summed E-state index contributed by atoms with van der Waals surface area (Å²) in [7, 11) is 0. The highest BCUT2D eigenvalue weighted by atomic mass is 16.5. The van der Waals surface area contributed by atoms with Gasteiger partial charge in [0.2, 0.25) is 0 Å². The highest BCUT2D eigenvalue weighted by Gasteiger charge is 2.34. The van der Waals surface area contributed by atoms with E-state index in [1.165, 1.54) is 25.7 Å². The second-order valence-corrected chi connectivity index (χ2v) is 8.05. The molecule has 1 fully saturated rings. The molecular formula is C17H32O3. The van der Waals surface area contributed by atoms with E-state index in [0.29, 0.717) is 17.8 Å². The first-order valence-electron chi connectivity index (χ1n) is 7.93. The average molecular weight is 284 g/mol. The van der Waals surface area contributed by atoms with Crippen molar-refractivity contribution in [1.29, 1.82) is 0 Å². The predicted molar refractivity (Wildman–Crippen MR) is 81.8 cm³/mol. The summed E-state index contributed by atoms with van der Waals surface area (Å²) in [4.78, 5) is 11.0. The minimum atomic E-state index is -0.742. The molecule has 0 spiro atoms. The molecule has 0 amide bonds. The van der Waals surface area contributed by atoms with Crippen molar-refractivity contribution in [2.24, 2.45) is 17.3 Å². The standard InChI is InChI=1S/C17H32O3/c1-12(15(18)19)10-17(5,6)20-13(2)14-8-7-9-16(3,4)11-14/h12-14H,7-11H2,1-6H3,(H,18,19). The van der Waals surface area contributed by atoms with E-state index in [4.69, 9.17) is 9.84 Å². The van der Waals surface area contributed by atoms with Crippen molar-refractivity contribution >= 4 is 5.97 Å². The second kappa shape index (κ2) is 6.46. The lowest BCUT2D eigenvalue weighted by atomic mass is 9.70. The maximum Gasteiger partial charge on any atom is 0.306 e. The van der Waals surface area contributed by atoms with E-state index in [-0.39, 0.29) is 17.6 Å². The van der Waals surface area contributed by atoms with Crippen molar-refractivity contribution in [3.8, 4) is 0 Å². The highest BCUT2D eigenvalue weighted by Crippen LogP contribution is 2.41. The second-order valence-electron chi connectivity index (χ2n) is 8.05. The van der Waals surface area contributed by atoms with Crippen LogP contribution in [0.25, 0.3) is 0 Å². The van der Waals surface area contributed by atoms with Gasteiger partial charge < -0.3 is 9.84 Å². The molecule has 1 aliphatic rings. The third-order valence-corrected chi connectivity index (χ3v) is 4.63. The van der Waals surface area contributed by atoms with Crippen molar-refractivity contribution < 1.29 is 14.6 Å². The van der Waals surface area contributed by atoms with E-state index in [1.807, 2.05) is 13.8 Å². The van der Waals surface area contributed by atoms with Gasteiger partial charge in [0.05, 0.1) is 17.6 Å².